The maximum Gasteiger partial charge on any atom is 0.135 e. The first-order valence-corrected chi connectivity index (χ1v) is 6.59. The number of carbonyl (C=O) groups excluding carboxylic acids is 1. The fourth-order valence-corrected chi connectivity index (χ4v) is 2.60. The highest BCUT2D eigenvalue weighted by Gasteiger charge is 2.29. The molecular formula is C15H18O2. The van der Waals surface area contributed by atoms with Gasteiger partial charge in [-0.3, -0.25) is 4.79 Å². The number of carbonyl (C=O) groups is 1. The number of benzene rings is 1. The molecule has 0 aromatic heterocycles. The Morgan fingerprint density at radius 3 is 2.94 bits per heavy atom. The summed E-state index contributed by atoms with van der Waals surface area (Å²) >= 11 is 0. The summed E-state index contributed by atoms with van der Waals surface area (Å²) in [6.07, 6.45) is 5.12. The Bertz CT molecular complexity index is 421. The number of fused-ring (bicyclic) bond motifs is 1. The van der Waals surface area contributed by atoms with E-state index in [1.54, 1.807) is 0 Å². The predicted octanol–water partition coefficient (Wildman–Crippen LogP) is 3.31. The molecular weight excluding hydrogens is 212 g/mol. The van der Waals surface area contributed by atoms with Crippen LogP contribution in [-0.2, 0) is 4.79 Å². The number of para-hydroxylation sites is 1. The van der Waals surface area contributed by atoms with Crippen molar-refractivity contribution >= 4 is 5.78 Å². The van der Waals surface area contributed by atoms with Crippen molar-refractivity contribution in [2.75, 3.05) is 6.61 Å². The summed E-state index contributed by atoms with van der Waals surface area (Å²) in [6, 6.07) is 8.26. The normalized spacial score (nSPS) is 22.0. The van der Waals surface area contributed by atoms with Gasteiger partial charge in [0.25, 0.3) is 0 Å². The molecule has 0 N–H and O–H groups in total. The van der Waals surface area contributed by atoms with Crippen LogP contribution in [0.1, 0.15) is 43.6 Å². The van der Waals surface area contributed by atoms with E-state index in [2.05, 4.69) is 12.1 Å². The van der Waals surface area contributed by atoms with Gasteiger partial charge in [0.15, 0.2) is 0 Å². The zero-order valence-electron chi connectivity index (χ0n) is 10.0. The molecule has 0 spiro atoms. The second-order valence-corrected chi connectivity index (χ2v) is 5.18. The van der Waals surface area contributed by atoms with Crippen LogP contribution in [0.15, 0.2) is 24.3 Å². The van der Waals surface area contributed by atoms with E-state index in [1.165, 1.54) is 5.56 Å². The van der Waals surface area contributed by atoms with Crippen molar-refractivity contribution in [2.45, 2.75) is 38.0 Å². The van der Waals surface area contributed by atoms with Gasteiger partial charge in [0.2, 0.25) is 0 Å². The first-order chi connectivity index (χ1) is 8.34. The summed E-state index contributed by atoms with van der Waals surface area (Å²) in [5, 5.41) is 0. The zero-order valence-corrected chi connectivity index (χ0v) is 10.0. The highest BCUT2D eigenvalue weighted by Crippen LogP contribution is 2.37. The Morgan fingerprint density at radius 2 is 2.12 bits per heavy atom. The molecule has 1 aliphatic heterocycles. The molecule has 2 nitrogen and oxygen atoms in total. The Morgan fingerprint density at radius 1 is 1.29 bits per heavy atom. The second kappa shape index (κ2) is 4.52. The summed E-state index contributed by atoms with van der Waals surface area (Å²) in [4.78, 5) is 11.6. The number of rotatable bonds is 5. The highest BCUT2D eigenvalue weighted by molar-refractivity contribution is 5.83. The Kier molecular flexibility index (Phi) is 2.87. The lowest BCUT2D eigenvalue weighted by Crippen LogP contribution is -2.04. The number of ether oxygens (including phenoxy) is 1. The first kappa shape index (κ1) is 10.8. The van der Waals surface area contributed by atoms with E-state index < -0.39 is 0 Å². The molecule has 0 saturated heterocycles. The van der Waals surface area contributed by atoms with Gasteiger partial charge in [-0.25, -0.2) is 0 Å². The van der Waals surface area contributed by atoms with Crippen molar-refractivity contribution in [1.29, 1.82) is 0 Å². The average molecular weight is 230 g/mol. The predicted molar refractivity (Wildman–Crippen MR) is 66.3 cm³/mol. The lowest BCUT2D eigenvalue weighted by molar-refractivity contribution is -0.120. The van der Waals surface area contributed by atoms with Gasteiger partial charge in [0.05, 0.1) is 6.61 Å². The van der Waals surface area contributed by atoms with Crippen molar-refractivity contribution in [3.63, 3.8) is 0 Å². The molecule has 1 aliphatic carbocycles. The van der Waals surface area contributed by atoms with Crippen LogP contribution in [0, 0.1) is 5.92 Å². The van der Waals surface area contributed by atoms with E-state index in [0.717, 1.165) is 44.5 Å². The average Bonchev–Trinajstić information content (AvgIpc) is 3.12. The van der Waals surface area contributed by atoms with Crippen LogP contribution in [-0.4, -0.2) is 12.4 Å². The van der Waals surface area contributed by atoms with Crippen LogP contribution >= 0.6 is 0 Å². The van der Waals surface area contributed by atoms with Crippen LogP contribution in [0.25, 0.3) is 0 Å². The van der Waals surface area contributed by atoms with E-state index in [9.17, 15) is 4.79 Å². The monoisotopic (exact) mass is 230 g/mol. The smallest absolute Gasteiger partial charge is 0.135 e. The molecule has 90 valence electrons. The van der Waals surface area contributed by atoms with Gasteiger partial charge in [0.1, 0.15) is 11.5 Å². The van der Waals surface area contributed by atoms with Crippen molar-refractivity contribution in [3.05, 3.63) is 29.8 Å². The molecule has 3 rings (SSSR count). The van der Waals surface area contributed by atoms with Crippen molar-refractivity contribution < 1.29 is 9.53 Å². The minimum atomic E-state index is 0.419. The molecule has 1 fully saturated rings. The van der Waals surface area contributed by atoms with Crippen molar-refractivity contribution in [3.8, 4) is 5.75 Å². The third-order valence-corrected chi connectivity index (χ3v) is 3.81. The topological polar surface area (TPSA) is 26.3 Å². The SMILES string of the molecule is O=C(CCCC1COc2ccccc21)C1CC1. The van der Waals surface area contributed by atoms with E-state index in [-0.39, 0.29) is 0 Å². The number of hydrogen-bond acceptors (Lipinski definition) is 2. The quantitative estimate of drug-likeness (QED) is 0.775. The van der Waals surface area contributed by atoms with E-state index in [0.29, 0.717) is 17.6 Å². The third-order valence-electron chi connectivity index (χ3n) is 3.81. The second-order valence-electron chi connectivity index (χ2n) is 5.18. The summed E-state index contributed by atoms with van der Waals surface area (Å²) in [5.41, 5.74) is 1.33. The van der Waals surface area contributed by atoms with Gasteiger partial charge >= 0.3 is 0 Å². The molecule has 1 aromatic carbocycles. The number of Topliss-reactive ketones (excluding diaryl/α,β-unsaturated/α-hetero) is 1. The maximum absolute atomic E-state index is 11.6. The molecule has 0 radical (unpaired) electrons. The molecule has 1 unspecified atom stereocenters. The fraction of sp³-hybridized carbons (Fsp3) is 0.533. The molecule has 2 aliphatic rings. The van der Waals surface area contributed by atoms with E-state index >= 15 is 0 Å². The summed E-state index contributed by atoms with van der Waals surface area (Å²) < 4.78 is 5.64. The van der Waals surface area contributed by atoms with Gasteiger partial charge in [-0.2, -0.15) is 0 Å². The lowest BCUT2D eigenvalue weighted by Gasteiger charge is -2.07. The number of hydrogen-bond donors (Lipinski definition) is 0. The lowest BCUT2D eigenvalue weighted by atomic mass is 9.94. The Balaban J connectivity index is 1.51. The first-order valence-electron chi connectivity index (χ1n) is 6.59. The molecule has 0 bridgehead atoms. The minimum absolute atomic E-state index is 0.419. The molecule has 1 heterocycles. The Hall–Kier alpha value is -1.31. The van der Waals surface area contributed by atoms with Gasteiger partial charge in [-0.15, -0.1) is 0 Å². The van der Waals surface area contributed by atoms with Crippen molar-refractivity contribution in [2.24, 2.45) is 5.92 Å². The zero-order chi connectivity index (χ0) is 11.7. The van der Waals surface area contributed by atoms with E-state index in [4.69, 9.17) is 4.74 Å². The molecule has 2 heteroatoms. The summed E-state index contributed by atoms with van der Waals surface area (Å²) in [7, 11) is 0. The summed E-state index contributed by atoms with van der Waals surface area (Å²) in [5.74, 6) is 2.43. The van der Waals surface area contributed by atoms with Crippen LogP contribution in [0.3, 0.4) is 0 Å². The van der Waals surface area contributed by atoms with Gasteiger partial charge in [0, 0.05) is 23.8 Å². The molecule has 0 amide bonds. The minimum Gasteiger partial charge on any atom is -0.493 e. The molecule has 1 saturated carbocycles. The number of ketones is 1. The van der Waals surface area contributed by atoms with Gasteiger partial charge in [-0.05, 0) is 31.7 Å². The summed E-state index contributed by atoms with van der Waals surface area (Å²) in [6.45, 7) is 0.789. The molecule has 17 heavy (non-hydrogen) atoms. The molecule has 1 atom stereocenters. The standard InChI is InChI=1S/C15H18O2/c16-14(11-8-9-11)6-3-4-12-10-17-15-7-2-1-5-13(12)15/h1-2,5,7,11-12H,3-4,6,8-10H2. The van der Waals surface area contributed by atoms with Crippen LogP contribution in [0.5, 0.6) is 5.75 Å². The molecule has 1 aromatic rings. The Labute approximate surface area is 102 Å². The maximum atomic E-state index is 11.6. The van der Waals surface area contributed by atoms with Crippen LogP contribution in [0.2, 0.25) is 0 Å². The third kappa shape index (κ3) is 2.36. The van der Waals surface area contributed by atoms with E-state index in [1.807, 2.05) is 12.1 Å². The van der Waals surface area contributed by atoms with Gasteiger partial charge < -0.3 is 4.74 Å². The fourth-order valence-electron chi connectivity index (χ4n) is 2.60. The van der Waals surface area contributed by atoms with Crippen LogP contribution < -0.4 is 4.74 Å². The largest absolute Gasteiger partial charge is 0.493 e. The highest BCUT2D eigenvalue weighted by atomic mass is 16.5. The van der Waals surface area contributed by atoms with Crippen molar-refractivity contribution in [1.82, 2.24) is 0 Å². The van der Waals surface area contributed by atoms with Crippen LogP contribution in [0.4, 0.5) is 0 Å². The van der Waals surface area contributed by atoms with Gasteiger partial charge in [-0.1, -0.05) is 18.2 Å².